The third-order valence-electron chi connectivity index (χ3n) is 4.65. The Labute approximate surface area is 189 Å². The molecule has 2 aromatic rings. The zero-order valence-electron chi connectivity index (χ0n) is 16.9. The molecule has 0 aliphatic carbocycles. The monoisotopic (exact) mass is 462 g/mol. The number of esters is 1. The van der Waals surface area contributed by atoms with Gasteiger partial charge in [0.05, 0.1) is 21.2 Å². The summed E-state index contributed by atoms with van der Waals surface area (Å²) in [6.07, 6.45) is 0.207. The molecule has 31 heavy (non-hydrogen) atoms. The van der Waals surface area contributed by atoms with Crippen molar-refractivity contribution in [1.29, 1.82) is 0 Å². The Morgan fingerprint density at radius 1 is 1.00 bits per heavy atom. The minimum Gasteiger partial charge on any atom is -0.454 e. The minimum absolute atomic E-state index is 0.00750. The second-order valence-electron chi connectivity index (χ2n) is 7.46. The van der Waals surface area contributed by atoms with Crippen LogP contribution in [0.5, 0.6) is 0 Å². The molecule has 1 N–H and O–H groups in total. The first-order valence-electron chi connectivity index (χ1n) is 9.57. The van der Waals surface area contributed by atoms with Crippen LogP contribution < -0.4 is 5.32 Å². The lowest BCUT2D eigenvalue weighted by molar-refractivity contribution is -0.151. The Morgan fingerprint density at radius 2 is 1.61 bits per heavy atom. The summed E-state index contributed by atoms with van der Waals surface area (Å²) in [5.41, 5.74) is 0.868. The molecule has 162 valence electrons. The summed E-state index contributed by atoms with van der Waals surface area (Å²) < 4.78 is 5.14. The second-order valence-corrected chi connectivity index (χ2v) is 8.27. The third kappa shape index (κ3) is 5.06. The fraction of sp³-hybridized carbons (Fsp3) is 0.273. The molecule has 0 unspecified atom stereocenters. The Hall–Kier alpha value is -2.90. The van der Waals surface area contributed by atoms with E-state index in [1.165, 1.54) is 24.3 Å². The maximum Gasteiger partial charge on any atom is 0.329 e. The van der Waals surface area contributed by atoms with Crippen LogP contribution in [-0.4, -0.2) is 41.2 Å². The zero-order valence-corrected chi connectivity index (χ0v) is 18.4. The fourth-order valence-corrected chi connectivity index (χ4v) is 3.55. The number of hydrogen-bond donors (Lipinski definition) is 1. The maximum atomic E-state index is 12.8. The lowest BCUT2D eigenvalue weighted by atomic mass is 10.0. The summed E-state index contributed by atoms with van der Waals surface area (Å²) in [6.45, 7) is 3.13. The quantitative estimate of drug-likeness (QED) is 0.491. The zero-order chi connectivity index (χ0) is 22.7. The van der Waals surface area contributed by atoms with Crippen molar-refractivity contribution in [2.75, 3.05) is 11.9 Å². The molecule has 0 saturated heterocycles. The van der Waals surface area contributed by atoms with Crippen molar-refractivity contribution in [3.05, 3.63) is 63.6 Å². The van der Waals surface area contributed by atoms with Gasteiger partial charge in [0.25, 0.3) is 17.7 Å². The van der Waals surface area contributed by atoms with E-state index in [9.17, 15) is 19.2 Å². The molecule has 3 amide bonds. The van der Waals surface area contributed by atoms with Gasteiger partial charge in [0, 0.05) is 5.69 Å². The summed E-state index contributed by atoms with van der Waals surface area (Å²) in [5, 5.41) is 3.14. The topological polar surface area (TPSA) is 92.8 Å². The number of benzene rings is 2. The molecular weight excluding hydrogens is 443 g/mol. The van der Waals surface area contributed by atoms with Gasteiger partial charge < -0.3 is 10.1 Å². The molecular formula is C22H20Cl2N2O5. The summed E-state index contributed by atoms with van der Waals surface area (Å²) in [7, 11) is 0. The van der Waals surface area contributed by atoms with Crippen molar-refractivity contribution >= 4 is 52.6 Å². The summed E-state index contributed by atoms with van der Waals surface area (Å²) >= 11 is 11.8. The van der Waals surface area contributed by atoms with Gasteiger partial charge in [-0.15, -0.1) is 0 Å². The number of rotatable bonds is 7. The molecule has 0 saturated carbocycles. The molecule has 9 heteroatoms. The highest BCUT2D eigenvalue weighted by Gasteiger charge is 2.43. The van der Waals surface area contributed by atoms with Gasteiger partial charge in [0.2, 0.25) is 0 Å². The number of carbonyl (C=O) groups is 4. The fourth-order valence-electron chi connectivity index (χ4n) is 3.25. The number of ether oxygens (including phenoxy) is 1. The highest BCUT2D eigenvalue weighted by molar-refractivity contribution is 6.42. The summed E-state index contributed by atoms with van der Waals surface area (Å²) in [6, 6.07) is 9.78. The minimum atomic E-state index is -1.13. The van der Waals surface area contributed by atoms with Gasteiger partial charge in [-0.3, -0.25) is 19.3 Å². The van der Waals surface area contributed by atoms with E-state index in [0.717, 1.165) is 4.90 Å². The number of nitrogens with one attached hydrogen (secondary N) is 1. The maximum absolute atomic E-state index is 12.8. The number of amides is 3. The number of carbonyl (C=O) groups excluding carboxylic acids is 4. The van der Waals surface area contributed by atoms with E-state index in [0.29, 0.717) is 10.7 Å². The van der Waals surface area contributed by atoms with Gasteiger partial charge in [0.1, 0.15) is 6.04 Å². The van der Waals surface area contributed by atoms with Crippen LogP contribution in [0.25, 0.3) is 0 Å². The van der Waals surface area contributed by atoms with Crippen LogP contribution in [0.15, 0.2) is 42.5 Å². The van der Waals surface area contributed by atoms with E-state index < -0.39 is 36.3 Å². The van der Waals surface area contributed by atoms with E-state index >= 15 is 0 Å². The standard InChI is InChI=1S/C22H20Cl2N2O5/c1-12(2)9-18(26-20(28)14-5-3-4-6-15(14)21(26)29)22(30)31-11-19(27)25-13-7-8-16(23)17(24)10-13/h3-8,10,12,18H,9,11H2,1-2H3,(H,25,27)/t18-/m1/s1. The Kier molecular flexibility index (Phi) is 6.97. The molecule has 1 atom stereocenters. The van der Waals surface area contributed by atoms with Crippen LogP contribution in [0.4, 0.5) is 5.69 Å². The molecule has 1 aliphatic rings. The van der Waals surface area contributed by atoms with Crippen molar-refractivity contribution in [1.82, 2.24) is 4.90 Å². The van der Waals surface area contributed by atoms with E-state index in [1.807, 2.05) is 13.8 Å². The Balaban J connectivity index is 1.69. The predicted octanol–water partition coefficient (Wildman–Crippen LogP) is 4.19. The Morgan fingerprint density at radius 3 is 2.16 bits per heavy atom. The van der Waals surface area contributed by atoms with Crippen LogP contribution in [-0.2, 0) is 14.3 Å². The number of nitrogens with zero attached hydrogens (tertiary/aromatic N) is 1. The molecule has 1 heterocycles. The normalized spacial score (nSPS) is 13.9. The van der Waals surface area contributed by atoms with Crippen molar-refractivity contribution < 1.29 is 23.9 Å². The van der Waals surface area contributed by atoms with Crippen LogP contribution in [0.1, 0.15) is 41.0 Å². The molecule has 0 radical (unpaired) electrons. The first-order valence-corrected chi connectivity index (χ1v) is 10.3. The van der Waals surface area contributed by atoms with Crippen molar-refractivity contribution in [2.24, 2.45) is 5.92 Å². The van der Waals surface area contributed by atoms with Gasteiger partial charge in [0.15, 0.2) is 6.61 Å². The van der Waals surface area contributed by atoms with Crippen LogP contribution in [0, 0.1) is 5.92 Å². The lowest BCUT2D eigenvalue weighted by Gasteiger charge is -2.25. The second kappa shape index (κ2) is 9.49. The number of anilines is 1. The first-order chi connectivity index (χ1) is 14.7. The SMILES string of the molecule is CC(C)C[C@H](C(=O)OCC(=O)Nc1ccc(Cl)c(Cl)c1)N1C(=O)c2ccccc2C1=O. The van der Waals surface area contributed by atoms with Crippen LogP contribution in [0.3, 0.4) is 0 Å². The number of imide groups is 1. The average molecular weight is 463 g/mol. The number of halogens is 2. The van der Waals surface area contributed by atoms with Gasteiger partial charge in [-0.1, -0.05) is 49.2 Å². The molecule has 0 bridgehead atoms. The largest absolute Gasteiger partial charge is 0.454 e. The van der Waals surface area contributed by atoms with E-state index in [-0.39, 0.29) is 28.5 Å². The molecule has 1 aliphatic heterocycles. The van der Waals surface area contributed by atoms with Gasteiger partial charge >= 0.3 is 5.97 Å². The first kappa shape index (κ1) is 22.8. The summed E-state index contributed by atoms with van der Waals surface area (Å²) in [4.78, 5) is 51.4. The molecule has 3 rings (SSSR count). The summed E-state index contributed by atoms with van der Waals surface area (Å²) in [5.74, 6) is -2.54. The van der Waals surface area contributed by atoms with Crippen molar-refractivity contribution in [3.63, 3.8) is 0 Å². The molecule has 0 spiro atoms. The third-order valence-corrected chi connectivity index (χ3v) is 5.39. The van der Waals surface area contributed by atoms with Crippen molar-refractivity contribution in [3.8, 4) is 0 Å². The van der Waals surface area contributed by atoms with Gasteiger partial charge in [-0.05, 0) is 42.7 Å². The smallest absolute Gasteiger partial charge is 0.329 e. The van der Waals surface area contributed by atoms with E-state index in [4.69, 9.17) is 27.9 Å². The van der Waals surface area contributed by atoms with E-state index in [2.05, 4.69) is 5.32 Å². The molecule has 2 aromatic carbocycles. The lowest BCUT2D eigenvalue weighted by Crippen LogP contribution is -2.46. The van der Waals surface area contributed by atoms with Gasteiger partial charge in [-0.2, -0.15) is 0 Å². The van der Waals surface area contributed by atoms with Crippen LogP contribution in [0.2, 0.25) is 10.0 Å². The molecule has 0 aromatic heterocycles. The average Bonchev–Trinajstić information content (AvgIpc) is 2.98. The highest BCUT2D eigenvalue weighted by Crippen LogP contribution is 2.28. The van der Waals surface area contributed by atoms with Gasteiger partial charge in [-0.25, -0.2) is 4.79 Å². The van der Waals surface area contributed by atoms with E-state index in [1.54, 1.807) is 18.2 Å². The number of hydrogen-bond acceptors (Lipinski definition) is 5. The Bertz CT molecular complexity index is 1020. The number of fused-ring (bicyclic) bond motifs is 1. The van der Waals surface area contributed by atoms with Crippen LogP contribution >= 0.6 is 23.2 Å². The molecule has 7 nitrogen and oxygen atoms in total. The van der Waals surface area contributed by atoms with Crippen molar-refractivity contribution in [2.45, 2.75) is 26.3 Å². The molecule has 0 fully saturated rings. The highest BCUT2D eigenvalue weighted by atomic mass is 35.5. The predicted molar refractivity (Wildman–Crippen MR) is 116 cm³/mol.